The van der Waals surface area contributed by atoms with E-state index in [9.17, 15) is 13.2 Å². The summed E-state index contributed by atoms with van der Waals surface area (Å²) in [6, 6.07) is 2.91. The zero-order chi connectivity index (χ0) is 11.3. The summed E-state index contributed by atoms with van der Waals surface area (Å²) in [6.45, 7) is -1.37. The van der Waals surface area contributed by atoms with Crippen LogP contribution >= 0.6 is 0 Å². The molecule has 0 aliphatic carbocycles. The van der Waals surface area contributed by atoms with Crippen LogP contribution in [-0.2, 0) is 6.42 Å². The van der Waals surface area contributed by atoms with Crippen LogP contribution in [0.1, 0.15) is 5.56 Å². The van der Waals surface area contributed by atoms with Gasteiger partial charge in [0.1, 0.15) is 0 Å². The molecule has 0 saturated heterocycles. The Morgan fingerprint density at radius 2 is 2.07 bits per heavy atom. The van der Waals surface area contributed by atoms with Crippen molar-refractivity contribution >= 4 is 0 Å². The first kappa shape index (κ1) is 11.8. The number of nitrogens with zero attached hydrogens (tertiary/aromatic N) is 1. The molecule has 3 nitrogen and oxygen atoms in total. The van der Waals surface area contributed by atoms with Crippen LogP contribution in [0.3, 0.4) is 0 Å². The van der Waals surface area contributed by atoms with Crippen LogP contribution in [0.2, 0.25) is 0 Å². The van der Waals surface area contributed by atoms with Crippen LogP contribution in [-0.4, -0.2) is 29.5 Å². The van der Waals surface area contributed by atoms with Gasteiger partial charge in [-0.05, 0) is 12.0 Å². The van der Waals surface area contributed by atoms with Gasteiger partial charge in [0.15, 0.2) is 6.61 Å². The highest BCUT2D eigenvalue weighted by Crippen LogP contribution is 2.16. The Morgan fingerprint density at radius 1 is 1.33 bits per heavy atom. The van der Waals surface area contributed by atoms with E-state index in [4.69, 9.17) is 5.11 Å². The minimum Gasteiger partial charge on any atom is -0.468 e. The fraction of sp³-hybridized carbons (Fsp3) is 0.444. The molecule has 0 fully saturated rings. The summed E-state index contributed by atoms with van der Waals surface area (Å²) < 4.78 is 39.7. The summed E-state index contributed by atoms with van der Waals surface area (Å²) in [7, 11) is 0. The molecule has 0 radical (unpaired) electrons. The second-order valence-corrected chi connectivity index (χ2v) is 2.88. The van der Waals surface area contributed by atoms with Crippen molar-refractivity contribution in [2.45, 2.75) is 12.6 Å². The molecule has 0 aliphatic heterocycles. The van der Waals surface area contributed by atoms with E-state index < -0.39 is 12.8 Å². The van der Waals surface area contributed by atoms with Gasteiger partial charge in [0.05, 0.1) is 0 Å². The Hall–Kier alpha value is -1.30. The standard InChI is InChI=1S/C9H10F3NO2/c10-9(11,12)6-15-8-2-1-7(3-4-14)5-13-8/h1-2,5,14H,3-4,6H2. The lowest BCUT2D eigenvalue weighted by Gasteiger charge is -2.08. The van der Waals surface area contributed by atoms with E-state index in [0.717, 1.165) is 5.56 Å². The monoisotopic (exact) mass is 221 g/mol. The number of aliphatic hydroxyl groups is 1. The first-order valence-electron chi connectivity index (χ1n) is 4.26. The summed E-state index contributed by atoms with van der Waals surface area (Å²) >= 11 is 0. The zero-order valence-corrected chi connectivity index (χ0v) is 7.79. The van der Waals surface area contributed by atoms with Crippen molar-refractivity contribution in [3.8, 4) is 5.88 Å². The van der Waals surface area contributed by atoms with Crippen LogP contribution in [0.25, 0.3) is 0 Å². The van der Waals surface area contributed by atoms with Crippen molar-refractivity contribution in [3.05, 3.63) is 23.9 Å². The van der Waals surface area contributed by atoms with Gasteiger partial charge >= 0.3 is 6.18 Å². The molecule has 0 saturated carbocycles. The molecule has 1 aromatic rings. The third-order valence-corrected chi connectivity index (χ3v) is 1.58. The Labute approximate surface area is 84.5 Å². The second kappa shape index (κ2) is 4.97. The third-order valence-electron chi connectivity index (χ3n) is 1.58. The summed E-state index contributed by atoms with van der Waals surface area (Å²) in [5.74, 6) is -0.0750. The normalized spacial score (nSPS) is 11.5. The lowest BCUT2D eigenvalue weighted by Crippen LogP contribution is -2.19. The van der Waals surface area contributed by atoms with Gasteiger partial charge in [-0.3, -0.25) is 0 Å². The molecule has 1 aromatic heterocycles. The fourth-order valence-corrected chi connectivity index (χ4v) is 0.929. The molecule has 1 rings (SSSR count). The van der Waals surface area contributed by atoms with Crippen LogP contribution in [0.15, 0.2) is 18.3 Å². The molecule has 0 bridgehead atoms. The van der Waals surface area contributed by atoms with E-state index in [-0.39, 0.29) is 12.5 Å². The molecule has 1 heterocycles. The highest BCUT2D eigenvalue weighted by molar-refractivity contribution is 5.17. The van der Waals surface area contributed by atoms with Crippen molar-refractivity contribution in [1.29, 1.82) is 0 Å². The lowest BCUT2D eigenvalue weighted by atomic mass is 10.2. The molecule has 15 heavy (non-hydrogen) atoms. The number of rotatable bonds is 4. The zero-order valence-electron chi connectivity index (χ0n) is 7.79. The van der Waals surface area contributed by atoms with Crippen LogP contribution in [0, 0.1) is 0 Å². The molecule has 0 unspecified atom stereocenters. The van der Waals surface area contributed by atoms with Crippen LogP contribution in [0.4, 0.5) is 13.2 Å². The van der Waals surface area contributed by atoms with E-state index in [1.807, 2.05) is 0 Å². The maximum atomic E-state index is 11.8. The highest BCUT2D eigenvalue weighted by atomic mass is 19.4. The Balaban J connectivity index is 2.50. The minimum atomic E-state index is -4.36. The van der Waals surface area contributed by atoms with Crippen molar-refractivity contribution in [2.75, 3.05) is 13.2 Å². The fourth-order valence-electron chi connectivity index (χ4n) is 0.929. The smallest absolute Gasteiger partial charge is 0.422 e. The number of pyridine rings is 1. The third kappa shape index (κ3) is 4.64. The van der Waals surface area contributed by atoms with E-state index >= 15 is 0 Å². The van der Waals surface area contributed by atoms with Crippen LogP contribution < -0.4 is 4.74 Å². The minimum absolute atomic E-state index is 0.0234. The molecule has 0 aromatic carbocycles. The SMILES string of the molecule is OCCc1ccc(OCC(F)(F)F)nc1. The Morgan fingerprint density at radius 3 is 2.53 bits per heavy atom. The first-order valence-corrected chi connectivity index (χ1v) is 4.26. The molecule has 0 amide bonds. The number of aliphatic hydroxyl groups excluding tert-OH is 1. The summed E-state index contributed by atoms with van der Waals surface area (Å²) in [5, 5.41) is 8.59. The van der Waals surface area contributed by atoms with Crippen LogP contribution in [0.5, 0.6) is 5.88 Å². The molecular weight excluding hydrogens is 211 g/mol. The predicted molar refractivity (Wildman–Crippen MR) is 46.6 cm³/mol. The molecule has 1 N–H and O–H groups in total. The van der Waals surface area contributed by atoms with Crippen molar-refractivity contribution in [1.82, 2.24) is 4.98 Å². The van der Waals surface area contributed by atoms with Gasteiger partial charge in [0.2, 0.25) is 5.88 Å². The average Bonchev–Trinajstić information content (AvgIpc) is 2.16. The van der Waals surface area contributed by atoms with Gasteiger partial charge in [-0.25, -0.2) is 4.98 Å². The lowest BCUT2D eigenvalue weighted by molar-refractivity contribution is -0.154. The largest absolute Gasteiger partial charge is 0.468 e. The number of halogens is 3. The Kier molecular flexibility index (Phi) is 3.90. The molecular formula is C9H10F3NO2. The van der Waals surface area contributed by atoms with Gasteiger partial charge in [-0.15, -0.1) is 0 Å². The number of ether oxygens (including phenoxy) is 1. The number of hydrogen-bond acceptors (Lipinski definition) is 3. The van der Waals surface area contributed by atoms with E-state index in [1.165, 1.54) is 12.3 Å². The van der Waals surface area contributed by atoms with Gasteiger partial charge < -0.3 is 9.84 Å². The quantitative estimate of drug-likeness (QED) is 0.838. The maximum absolute atomic E-state index is 11.8. The van der Waals surface area contributed by atoms with Gasteiger partial charge in [0, 0.05) is 18.9 Å². The Bertz CT molecular complexity index is 297. The number of alkyl halides is 3. The first-order chi connectivity index (χ1) is 7.01. The molecule has 0 atom stereocenters. The molecule has 0 aliphatic rings. The van der Waals surface area contributed by atoms with Gasteiger partial charge in [0.25, 0.3) is 0 Å². The topological polar surface area (TPSA) is 42.4 Å². The van der Waals surface area contributed by atoms with E-state index in [2.05, 4.69) is 9.72 Å². The van der Waals surface area contributed by atoms with Gasteiger partial charge in [-0.1, -0.05) is 6.07 Å². The van der Waals surface area contributed by atoms with Crippen molar-refractivity contribution in [2.24, 2.45) is 0 Å². The number of aromatic nitrogens is 1. The predicted octanol–water partition coefficient (Wildman–Crippen LogP) is 1.56. The van der Waals surface area contributed by atoms with Gasteiger partial charge in [-0.2, -0.15) is 13.2 Å². The second-order valence-electron chi connectivity index (χ2n) is 2.88. The molecule has 0 spiro atoms. The van der Waals surface area contributed by atoms with E-state index in [0.29, 0.717) is 6.42 Å². The molecule has 6 heteroatoms. The maximum Gasteiger partial charge on any atom is 0.422 e. The summed E-state index contributed by atoms with van der Waals surface area (Å²) in [6.07, 6.45) is -2.56. The van der Waals surface area contributed by atoms with Crippen molar-refractivity contribution < 1.29 is 23.0 Å². The van der Waals surface area contributed by atoms with Crippen molar-refractivity contribution in [3.63, 3.8) is 0 Å². The summed E-state index contributed by atoms with van der Waals surface area (Å²) in [5.41, 5.74) is 0.747. The molecule has 84 valence electrons. The number of hydrogen-bond donors (Lipinski definition) is 1. The average molecular weight is 221 g/mol. The summed E-state index contributed by atoms with van der Waals surface area (Å²) in [4.78, 5) is 3.67. The highest BCUT2D eigenvalue weighted by Gasteiger charge is 2.28. The van der Waals surface area contributed by atoms with E-state index in [1.54, 1.807) is 6.07 Å².